The van der Waals surface area contributed by atoms with Crippen LogP contribution in [0, 0.1) is 18.7 Å². The van der Waals surface area contributed by atoms with Crippen LogP contribution in [0.5, 0.6) is 0 Å². The third-order valence-electron chi connectivity index (χ3n) is 2.92. The number of hydrogen-bond acceptors (Lipinski definition) is 1. The van der Waals surface area contributed by atoms with Crippen molar-refractivity contribution < 1.29 is 4.39 Å². The zero-order chi connectivity index (χ0) is 10.1. The van der Waals surface area contributed by atoms with Crippen LogP contribution in [0.25, 0.3) is 0 Å². The molecule has 1 nitrogen and oxygen atoms in total. The van der Waals surface area contributed by atoms with Crippen LogP contribution < -0.4 is 5.73 Å². The van der Waals surface area contributed by atoms with Crippen LogP contribution in [0.1, 0.15) is 36.4 Å². The molecule has 1 aliphatic carbocycles. The molecule has 2 rings (SSSR count). The monoisotopic (exact) mass is 193 g/mol. The molecule has 1 saturated carbocycles. The fourth-order valence-corrected chi connectivity index (χ4v) is 1.89. The van der Waals surface area contributed by atoms with Crippen LogP contribution in [0.2, 0.25) is 0 Å². The lowest BCUT2D eigenvalue weighted by molar-refractivity contribution is 0.588. The van der Waals surface area contributed by atoms with Gasteiger partial charge in [0.15, 0.2) is 0 Å². The van der Waals surface area contributed by atoms with Gasteiger partial charge in [-0.2, -0.15) is 0 Å². The Morgan fingerprint density at radius 3 is 2.79 bits per heavy atom. The van der Waals surface area contributed by atoms with Crippen LogP contribution in [-0.4, -0.2) is 0 Å². The third-order valence-corrected chi connectivity index (χ3v) is 2.92. The Morgan fingerprint density at radius 1 is 1.50 bits per heavy atom. The molecule has 0 radical (unpaired) electrons. The molecule has 76 valence electrons. The van der Waals surface area contributed by atoms with Gasteiger partial charge in [-0.3, -0.25) is 0 Å². The highest BCUT2D eigenvalue weighted by atomic mass is 19.1. The molecule has 1 atom stereocenters. The first-order chi connectivity index (χ1) is 6.66. The topological polar surface area (TPSA) is 26.0 Å². The lowest BCUT2D eigenvalue weighted by atomic mass is 9.98. The predicted octanol–water partition coefficient (Wildman–Crippen LogP) is 2.93. The molecule has 0 aromatic heterocycles. The van der Waals surface area contributed by atoms with Gasteiger partial charge in [0.05, 0.1) is 0 Å². The Bertz CT molecular complexity index is 331. The minimum atomic E-state index is -0.176. The standard InChI is InChI=1S/C12H16FN/c1-8-6-10(13)4-5-11(8)12(14)7-9-2-3-9/h4-6,9,12H,2-3,7,14H2,1H3/t12-/m0/s1. The smallest absolute Gasteiger partial charge is 0.123 e. The second-order valence-electron chi connectivity index (χ2n) is 4.29. The highest BCUT2D eigenvalue weighted by Gasteiger charge is 2.24. The van der Waals surface area contributed by atoms with E-state index in [0.29, 0.717) is 0 Å². The first-order valence-electron chi connectivity index (χ1n) is 5.18. The van der Waals surface area contributed by atoms with E-state index in [-0.39, 0.29) is 11.9 Å². The van der Waals surface area contributed by atoms with Crippen molar-refractivity contribution in [3.63, 3.8) is 0 Å². The van der Waals surface area contributed by atoms with Gasteiger partial charge in [-0.15, -0.1) is 0 Å². The molecule has 0 aliphatic heterocycles. The summed E-state index contributed by atoms with van der Waals surface area (Å²) in [6.45, 7) is 1.92. The summed E-state index contributed by atoms with van der Waals surface area (Å²) in [6.07, 6.45) is 3.67. The van der Waals surface area contributed by atoms with Gasteiger partial charge >= 0.3 is 0 Å². The van der Waals surface area contributed by atoms with Gasteiger partial charge in [0.1, 0.15) is 5.82 Å². The molecule has 0 saturated heterocycles. The number of rotatable bonds is 3. The number of halogens is 1. The summed E-state index contributed by atoms with van der Waals surface area (Å²) in [5.41, 5.74) is 8.13. The molecular weight excluding hydrogens is 177 g/mol. The number of aryl methyl sites for hydroxylation is 1. The second-order valence-corrected chi connectivity index (χ2v) is 4.29. The number of nitrogens with two attached hydrogens (primary N) is 1. The van der Waals surface area contributed by atoms with E-state index in [1.54, 1.807) is 6.07 Å². The van der Waals surface area contributed by atoms with Crippen molar-refractivity contribution in [2.24, 2.45) is 11.7 Å². The van der Waals surface area contributed by atoms with Crippen molar-refractivity contribution in [2.75, 3.05) is 0 Å². The zero-order valence-electron chi connectivity index (χ0n) is 8.46. The Morgan fingerprint density at radius 2 is 2.21 bits per heavy atom. The Balaban J connectivity index is 2.13. The Labute approximate surface area is 84.1 Å². The van der Waals surface area contributed by atoms with Crippen LogP contribution in [0.4, 0.5) is 4.39 Å². The molecule has 0 bridgehead atoms. The molecule has 14 heavy (non-hydrogen) atoms. The summed E-state index contributed by atoms with van der Waals surface area (Å²) in [7, 11) is 0. The minimum Gasteiger partial charge on any atom is -0.324 e. The lowest BCUT2D eigenvalue weighted by Crippen LogP contribution is -2.12. The first-order valence-corrected chi connectivity index (χ1v) is 5.18. The predicted molar refractivity (Wildman–Crippen MR) is 55.4 cm³/mol. The minimum absolute atomic E-state index is 0.0862. The lowest BCUT2D eigenvalue weighted by Gasteiger charge is -2.14. The summed E-state index contributed by atoms with van der Waals surface area (Å²) in [5.74, 6) is 0.638. The van der Waals surface area contributed by atoms with Crippen molar-refractivity contribution in [1.29, 1.82) is 0 Å². The molecule has 1 aliphatic rings. The van der Waals surface area contributed by atoms with Gasteiger partial charge in [-0.25, -0.2) is 4.39 Å². The Kier molecular flexibility index (Phi) is 2.55. The molecular formula is C12H16FN. The third kappa shape index (κ3) is 2.13. The highest BCUT2D eigenvalue weighted by Crippen LogP contribution is 2.37. The highest BCUT2D eigenvalue weighted by molar-refractivity contribution is 5.29. The summed E-state index contributed by atoms with van der Waals surface area (Å²) in [4.78, 5) is 0. The van der Waals surface area contributed by atoms with Crippen LogP contribution in [0.3, 0.4) is 0 Å². The summed E-state index contributed by atoms with van der Waals surface area (Å²) >= 11 is 0. The molecule has 0 spiro atoms. The molecule has 0 heterocycles. The number of benzene rings is 1. The van der Waals surface area contributed by atoms with E-state index >= 15 is 0 Å². The normalized spacial score (nSPS) is 18.2. The van der Waals surface area contributed by atoms with Crippen molar-refractivity contribution in [3.05, 3.63) is 35.1 Å². The van der Waals surface area contributed by atoms with Crippen molar-refractivity contribution in [3.8, 4) is 0 Å². The second kappa shape index (κ2) is 3.70. The molecule has 2 N–H and O–H groups in total. The van der Waals surface area contributed by atoms with Gasteiger partial charge in [0.25, 0.3) is 0 Å². The van der Waals surface area contributed by atoms with Gasteiger partial charge < -0.3 is 5.73 Å². The van der Waals surface area contributed by atoms with E-state index in [9.17, 15) is 4.39 Å². The molecule has 0 unspecified atom stereocenters. The van der Waals surface area contributed by atoms with Crippen molar-refractivity contribution in [1.82, 2.24) is 0 Å². The average molecular weight is 193 g/mol. The van der Waals surface area contributed by atoms with E-state index in [0.717, 1.165) is 23.5 Å². The van der Waals surface area contributed by atoms with E-state index in [1.807, 2.05) is 13.0 Å². The van der Waals surface area contributed by atoms with E-state index < -0.39 is 0 Å². The van der Waals surface area contributed by atoms with E-state index in [2.05, 4.69) is 0 Å². The zero-order valence-corrected chi connectivity index (χ0v) is 8.46. The molecule has 2 heteroatoms. The maximum absolute atomic E-state index is 12.8. The van der Waals surface area contributed by atoms with Crippen molar-refractivity contribution in [2.45, 2.75) is 32.2 Å². The van der Waals surface area contributed by atoms with E-state index in [1.165, 1.54) is 18.9 Å². The van der Waals surface area contributed by atoms with Crippen LogP contribution in [-0.2, 0) is 0 Å². The van der Waals surface area contributed by atoms with Gasteiger partial charge in [0, 0.05) is 6.04 Å². The van der Waals surface area contributed by atoms with Gasteiger partial charge in [-0.1, -0.05) is 18.9 Å². The van der Waals surface area contributed by atoms with Gasteiger partial charge in [0.2, 0.25) is 0 Å². The fraction of sp³-hybridized carbons (Fsp3) is 0.500. The molecule has 0 amide bonds. The van der Waals surface area contributed by atoms with Gasteiger partial charge in [-0.05, 0) is 42.5 Å². The summed E-state index contributed by atoms with van der Waals surface area (Å²) in [6, 6.07) is 4.96. The van der Waals surface area contributed by atoms with Crippen molar-refractivity contribution >= 4 is 0 Å². The number of hydrogen-bond donors (Lipinski definition) is 1. The quantitative estimate of drug-likeness (QED) is 0.784. The summed E-state index contributed by atoms with van der Waals surface area (Å²) in [5, 5.41) is 0. The fourth-order valence-electron chi connectivity index (χ4n) is 1.89. The molecule has 1 aromatic rings. The van der Waals surface area contributed by atoms with E-state index in [4.69, 9.17) is 5.73 Å². The van der Waals surface area contributed by atoms with Crippen LogP contribution in [0.15, 0.2) is 18.2 Å². The molecule has 1 aromatic carbocycles. The average Bonchev–Trinajstić information content (AvgIpc) is 2.87. The Hall–Kier alpha value is -0.890. The largest absolute Gasteiger partial charge is 0.324 e. The maximum Gasteiger partial charge on any atom is 0.123 e. The molecule has 1 fully saturated rings. The SMILES string of the molecule is Cc1cc(F)ccc1[C@@H](N)CC1CC1. The summed E-state index contributed by atoms with van der Waals surface area (Å²) < 4.78 is 12.8. The maximum atomic E-state index is 12.8. The first kappa shape index (κ1) is 9.66. The van der Waals surface area contributed by atoms with Crippen LogP contribution >= 0.6 is 0 Å².